The number of amides is 1. The number of rotatable bonds is 6. The van der Waals surface area contributed by atoms with Crippen molar-refractivity contribution in [2.45, 2.75) is 39.3 Å². The molecule has 0 aliphatic carbocycles. The maximum atomic E-state index is 12.5. The topological polar surface area (TPSA) is 32.3 Å². The molecule has 2 aromatic carbocycles. The number of halogens is 2. The average molecular weight is 379 g/mol. The second-order valence-electron chi connectivity index (χ2n) is 6.57. The summed E-state index contributed by atoms with van der Waals surface area (Å²) in [7, 11) is 1.89. The van der Waals surface area contributed by atoms with E-state index in [0.29, 0.717) is 22.5 Å². The molecule has 25 heavy (non-hydrogen) atoms. The fraction of sp³-hybridized carbons (Fsp3) is 0.350. The van der Waals surface area contributed by atoms with Gasteiger partial charge in [0.2, 0.25) is 5.91 Å². The molecule has 3 nitrogen and oxygen atoms in total. The molecule has 1 N–H and O–H groups in total. The van der Waals surface area contributed by atoms with Crippen LogP contribution in [-0.4, -0.2) is 23.9 Å². The first-order valence-corrected chi connectivity index (χ1v) is 9.09. The lowest BCUT2D eigenvalue weighted by molar-refractivity contribution is -0.120. The molecule has 1 amide bonds. The van der Waals surface area contributed by atoms with Crippen molar-refractivity contribution in [1.29, 1.82) is 0 Å². The van der Waals surface area contributed by atoms with Crippen molar-refractivity contribution in [2.75, 3.05) is 12.4 Å². The van der Waals surface area contributed by atoms with Crippen molar-refractivity contribution in [1.82, 2.24) is 4.90 Å². The van der Waals surface area contributed by atoms with E-state index < -0.39 is 0 Å². The van der Waals surface area contributed by atoms with Gasteiger partial charge >= 0.3 is 0 Å². The van der Waals surface area contributed by atoms with E-state index in [0.717, 1.165) is 11.3 Å². The predicted molar refractivity (Wildman–Crippen MR) is 107 cm³/mol. The number of nitrogens with zero attached hydrogens (tertiary/aromatic N) is 1. The van der Waals surface area contributed by atoms with Gasteiger partial charge in [-0.2, -0.15) is 0 Å². The summed E-state index contributed by atoms with van der Waals surface area (Å²) in [4.78, 5) is 14.4. The molecule has 1 atom stereocenters. The van der Waals surface area contributed by atoms with Crippen LogP contribution in [0.4, 0.5) is 5.69 Å². The Balaban J connectivity index is 1.99. The summed E-state index contributed by atoms with van der Waals surface area (Å²) in [6, 6.07) is 13.2. The monoisotopic (exact) mass is 378 g/mol. The normalized spacial score (nSPS) is 12.5. The zero-order valence-corrected chi connectivity index (χ0v) is 16.5. The molecular formula is C20H24Cl2N2O. The lowest BCUT2D eigenvalue weighted by Gasteiger charge is -2.24. The molecule has 0 aliphatic heterocycles. The minimum atomic E-state index is -0.306. The first-order chi connectivity index (χ1) is 11.8. The van der Waals surface area contributed by atoms with E-state index in [1.807, 2.05) is 55.3 Å². The number of carbonyl (C=O) groups is 1. The van der Waals surface area contributed by atoms with E-state index in [4.69, 9.17) is 23.2 Å². The van der Waals surface area contributed by atoms with E-state index in [2.05, 4.69) is 19.2 Å². The summed E-state index contributed by atoms with van der Waals surface area (Å²) >= 11 is 12.3. The molecule has 2 aromatic rings. The van der Waals surface area contributed by atoms with E-state index in [1.165, 1.54) is 5.56 Å². The van der Waals surface area contributed by atoms with Crippen LogP contribution in [-0.2, 0) is 11.3 Å². The fourth-order valence-corrected chi connectivity index (χ4v) is 2.85. The van der Waals surface area contributed by atoms with E-state index in [-0.39, 0.29) is 11.9 Å². The summed E-state index contributed by atoms with van der Waals surface area (Å²) in [5.41, 5.74) is 2.95. The molecule has 0 spiro atoms. The summed E-state index contributed by atoms with van der Waals surface area (Å²) in [6.45, 7) is 6.70. The van der Waals surface area contributed by atoms with Crippen molar-refractivity contribution in [3.05, 3.63) is 63.6 Å². The minimum Gasteiger partial charge on any atom is -0.325 e. The summed E-state index contributed by atoms with van der Waals surface area (Å²) < 4.78 is 0. The van der Waals surface area contributed by atoms with Crippen LogP contribution in [0.1, 0.15) is 37.8 Å². The van der Waals surface area contributed by atoms with Gasteiger partial charge < -0.3 is 5.32 Å². The molecule has 0 aromatic heterocycles. The van der Waals surface area contributed by atoms with Crippen molar-refractivity contribution in [3.8, 4) is 0 Å². The Morgan fingerprint density at radius 1 is 1.08 bits per heavy atom. The molecule has 0 fully saturated rings. The van der Waals surface area contributed by atoms with Crippen LogP contribution in [0.25, 0.3) is 0 Å². The predicted octanol–water partition coefficient (Wildman–Crippen LogP) is 5.58. The van der Waals surface area contributed by atoms with Gasteiger partial charge in [0.15, 0.2) is 0 Å². The third-order valence-electron chi connectivity index (χ3n) is 4.34. The van der Waals surface area contributed by atoms with Gasteiger partial charge in [0.05, 0.1) is 16.1 Å². The molecule has 2 rings (SSSR count). The van der Waals surface area contributed by atoms with Crippen molar-refractivity contribution in [2.24, 2.45) is 0 Å². The van der Waals surface area contributed by atoms with Crippen LogP contribution in [0.15, 0.2) is 42.5 Å². The van der Waals surface area contributed by atoms with E-state index in [9.17, 15) is 4.79 Å². The van der Waals surface area contributed by atoms with Crippen LogP contribution in [0.3, 0.4) is 0 Å². The number of benzene rings is 2. The van der Waals surface area contributed by atoms with E-state index in [1.54, 1.807) is 6.07 Å². The molecule has 134 valence electrons. The molecular weight excluding hydrogens is 355 g/mol. The summed E-state index contributed by atoms with van der Waals surface area (Å²) in [5.74, 6) is 0.412. The van der Waals surface area contributed by atoms with Gasteiger partial charge in [0, 0.05) is 12.2 Å². The highest BCUT2D eigenvalue weighted by Gasteiger charge is 2.19. The Morgan fingerprint density at radius 3 is 2.32 bits per heavy atom. The number of nitrogens with one attached hydrogen (secondary N) is 1. The van der Waals surface area contributed by atoms with Gasteiger partial charge in [0.25, 0.3) is 0 Å². The fourth-order valence-electron chi connectivity index (χ4n) is 2.47. The standard InChI is InChI=1S/C20H24Cl2N2O/c1-13(2)15-8-10-17(11-9-15)23-20(25)14(3)24(4)12-16-6-5-7-18(21)19(16)22/h5-11,13-14H,12H2,1-4H3,(H,23,25)/t14-/m1/s1. The average Bonchev–Trinajstić information content (AvgIpc) is 2.58. The van der Waals surface area contributed by atoms with Gasteiger partial charge in [-0.1, -0.05) is 61.3 Å². The summed E-state index contributed by atoms with van der Waals surface area (Å²) in [5, 5.41) is 4.02. The van der Waals surface area contributed by atoms with Crippen molar-refractivity contribution >= 4 is 34.8 Å². The number of anilines is 1. The molecule has 0 saturated heterocycles. The maximum absolute atomic E-state index is 12.5. The molecule has 0 radical (unpaired) electrons. The van der Waals surface area contributed by atoms with Crippen LogP contribution in [0.5, 0.6) is 0 Å². The highest BCUT2D eigenvalue weighted by Crippen LogP contribution is 2.26. The van der Waals surface area contributed by atoms with E-state index >= 15 is 0 Å². The van der Waals surface area contributed by atoms with Crippen molar-refractivity contribution < 1.29 is 4.79 Å². The maximum Gasteiger partial charge on any atom is 0.241 e. The minimum absolute atomic E-state index is 0.0575. The molecule has 0 heterocycles. The van der Waals surface area contributed by atoms with Crippen LogP contribution in [0, 0.1) is 0 Å². The summed E-state index contributed by atoms with van der Waals surface area (Å²) in [6.07, 6.45) is 0. The van der Waals surface area contributed by atoms with Gasteiger partial charge in [0.1, 0.15) is 0 Å². The van der Waals surface area contributed by atoms with Crippen LogP contribution < -0.4 is 5.32 Å². The Kier molecular flexibility index (Phi) is 6.88. The van der Waals surface area contributed by atoms with Crippen LogP contribution >= 0.6 is 23.2 Å². The van der Waals surface area contributed by atoms with Crippen molar-refractivity contribution in [3.63, 3.8) is 0 Å². The van der Waals surface area contributed by atoms with Gasteiger partial charge in [-0.3, -0.25) is 9.69 Å². The Morgan fingerprint density at radius 2 is 1.72 bits per heavy atom. The number of hydrogen-bond donors (Lipinski definition) is 1. The first-order valence-electron chi connectivity index (χ1n) is 8.33. The number of carbonyl (C=O) groups excluding carboxylic acids is 1. The zero-order chi connectivity index (χ0) is 18.6. The first kappa shape index (κ1) is 19.8. The van der Waals surface area contributed by atoms with Gasteiger partial charge in [-0.15, -0.1) is 0 Å². The zero-order valence-electron chi connectivity index (χ0n) is 15.0. The third-order valence-corrected chi connectivity index (χ3v) is 5.19. The highest BCUT2D eigenvalue weighted by molar-refractivity contribution is 6.42. The molecule has 0 saturated carbocycles. The Hall–Kier alpha value is -1.55. The smallest absolute Gasteiger partial charge is 0.241 e. The lowest BCUT2D eigenvalue weighted by atomic mass is 10.0. The quantitative estimate of drug-likeness (QED) is 0.711. The largest absolute Gasteiger partial charge is 0.325 e. The SMILES string of the molecule is CC(C)c1ccc(NC(=O)[C@@H](C)N(C)Cc2cccc(Cl)c2Cl)cc1. The Labute approximate surface area is 159 Å². The lowest BCUT2D eigenvalue weighted by Crippen LogP contribution is -2.39. The molecule has 0 aliphatic rings. The van der Waals surface area contributed by atoms with Gasteiger partial charge in [-0.05, 0) is 49.2 Å². The molecule has 0 unspecified atom stereocenters. The van der Waals surface area contributed by atoms with Gasteiger partial charge in [-0.25, -0.2) is 0 Å². The molecule has 0 bridgehead atoms. The van der Waals surface area contributed by atoms with Crippen LogP contribution in [0.2, 0.25) is 10.0 Å². The third kappa shape index (κ3) is 5.21. The second kappa shape index (κ2) is 8.70. The number of hydrogen-bond acceptors (Lipinski definition) is 2. The molecule has 5 heteroatoms. The Bertz CT molecular complexity index is 729. The highest BCUT2D eigenvalue weighted by atomic mass is 35.5. The number of likely N-dealkylation sites (N-methyl/N-ethyl adjacent to an activating group) is 1. The second-order valence-corrected chi connectivity index (χ2v) is 7.36.